The van der Waals surface area contributed by atoms with Gasteiger partial charge in [-0.1, -0.05) is 6.07 Å². The highest BCUT2D eigenvalue weighted by atomic mass is 32.2. The smallest absolute Gasteiger partial charge is 0.241 e. The van der Waals surface area contributed by atoms with Crippen molar-refractivity contribution in [3.63, 3.8) is 0 Å². The molecule has 2 heterocycles. The molecule has 2 aliphatic heterocycles. The highest BCUT2D eigenvalue weighted by Crippen LogP contribution is 2.33. The number of nitrogens with zero attached hydrogens (tertiary/aromatic N) is 1. The lowest BCUT2D eigenvalue weighted by molar-refractivity contribution is -0.117. The number of rotatable bonds is 5. The van der Waals surface area contributed by atoms with Gasteiger partial charge >= 0.3 is 0 Å². The second-order valence-corrected chi connectivity index (χ2v) is 8.60. The Balaban J connectivity index is 1.49. The third kappa shape index (κ3) is 3.70. The molecule has 0 bridgehead atoms. The SMILES string of the molecule is CC(NS(=O)(=O)c1ccc(N2CCCC2=O)cc1)c1ccc2c(c1)OCCO2. The van der Waals surface area contributed by atoms with Crippen molar-refractivity contribution in [1.29, 1.82) is 0 Å². The normalized spacial score (nSPS) is 17.6. The minimum absolute atomic E-state index is 0.0703. The molecule has 4 rings (SSSR count). The second kappa shape index (κ2) is 7.44. The van der Waals surface area contributed by atoms with E-state index in [9.17, 15) is 13.2 Å². The molecule has 2 aromatic carbocycles. The number of amides is 1. The van der Waals surface area contributed by atoms with Crippen LogP contribution in [0.15, 0.2) is 47.4 Å². The van der Waals surface area contributed by atoms with E-state index >= 15 is 0 Å². The Bertz CT molecular complexity index is 988. The van der Waals surface area contributed by atoms with Crippen molar-refractivity contribution < 1.29 is 22.7 Å². The van der Waals surface area contributed by atoms with E-state index in [0.717, 1.165) is 17.7 Å². The second-order valence-electron chi connectivity index (χ2n) is 6.89. The number of carbonyl (C=O) groups is 1. The zero-order valence-electron chi connectivity index (χ0n) is 15.6. The van der Waals surface area contributed by atoms with Crippen LogP contribution in [-0.2, 0) is 14.8 Å². The van der Waals surface area contributed by atoms with E-state index in [1.807, 2.05) is 6.07 Å². The number of anilines is 1. The first kappa shape index (κ1) is 18.8. The molecule has 7 nitrogen and oxygen atoms in total. The van der Waals surface area contributed by atoms with E-state index in [2.05, 4.69) is 4.72 Å². The molecule has 1 amide bonds. The number of ether oxygens (including phenoxy) is 2. The molecule has 1 atom stereocenters. The third-order valence-electron chi connectivity index (χ3n) is 4.93. The minimum atomic E-state index is -3.71. The van der Waals surface area contributed by atoms with Crippen LogP contribution in [0.1, 0.15) is 31.4 Å². The van der Waals surface area contributed by atoms with Gasteiger partial charge in [-0.15, -0.1) is 0 Å². The minimum Gasteiger partial charge on any atom is -0.486 e. The van der Waals surface area contributed by atoms with Crippen LogP contribution in [0.5, 0.6) is 11.5 Å². The molecule has 148 valence electrons. The quantitative estimate of drug-likeness (QED) is 0.831. The molecule has 0 spiro atoms. The Kier molecular flexibility index (Phi) is 4.99. The fourth-order valence-electron chi connectivity index (χ4n) is 3.42. The van der Waals surface area contributed by atoms with Crippen molar-refractivity contribution >= 4 is 21.6 Å². The highest BCUT2D eigenvalue weighted by Gasteiger charge is 2.24. The lowest BCUT2D eigenvalue weighted by Gasteiger charge is -2.21. The van der Waals surface area contributed by atoms with E-state index in [4.69, 9.17) is 9.47 Å². The summed E-state index contributed by atoms with van der Waals surface area (Å²) in [5.41, 5.74) is 1.51. The Morgan fingerprint density at radius 3 is 2.43 bits per heavy atom. The number of carbonyl (C=O) groups excluding carboxylic acids is 1. The summed E-state index contributed by atoms with van der Waals surface area (Å²) >= 11 is 0. The van der Waals surface area contributed by atoms with Crippen LogP contribution in [0.4, 0.5) is 5.69 Å². The van der Waals surface area contributed by atoms with Crippen molar-refractivity contribution in [3.05, 3.63) is 48.0 Å². The molecule has 2 aromatic rings. The summed E-state index contributed by atoms with van der Waals surface area (Å²) in [6, 6.07) is 11.4. The van der Waals surface area contributed by atoms with Crippen LogP contribution in [0.25, 0.3) is 0 Å². The molecule has 1 fully saturated rings. The van der Waals surface area contributed by atoms with E-state index in [0.29, 0.717) is 37.7 Å². The predicted octanol–water partition coefficient (Wildman–Crippen LogP) is 2.62. The van der Waals surface area contributed by atoms with Gasteiger partial charge in [-0.3, -0.25) is 4.79 Å². The molecule has 8 heteroatoms. The van der Waals surface area contributed by atoms with Crippen LogP contribution in [0, 0.1) is 0 Å². The molecule has 0 aliphatic carbocycles. The average molecular weight is 402 g/mol. The summed E-state index contributed by atoms with van der Waals surface area (Å²) in [5.74, 6) is 1.35. The van der Waals surface area contributed by atoms with E-state index in [1.165, 1.54) is 12.1 Å². The maximum atomic E-state index is 12.8. The van der Waals surface area contributed by atoms with Crippen LogP contribution in [0.3, 0.4) is 0 Å². The Hall–Kier alpha value is -2.58. The Morgan fingerprint density at radius 2 is 1.75 bits per heavy atom. The molecule has 1 unspecified atom stereocenters. The van der Waals surface area contributed by atoms with Crippen molar-refractivity contribution in [2.24, 2.45) is 0 Å². The lowest BCUT2D eigenvalue weighted by atomic mass is 10.1. The molecule has 0 radical (unpaired) electrons. The fourth-order valence-corrected chi connectivity index (χ4v) is 4.66. The van der Waals surface area contributed by atoms with Gasteiger partial charge in [0, 0.05) is 24.7 Å². The summed E-state index contributed by atoms with van der Waals surface area (Å²) in [5, 5.41) is 0. The van der Waals surface area contributed by atoms with Gasteiger partial charge in [0.05, 0.1) is 4.90 Å². The van der Waals surface area contributed by atoms with Gasteiger partial charge in [-0.2, -0.15) is 0 Å². The molecule has 1 N–H and O–H groups in total. The zero-order valence-corrected chi connectivity index (χ0v) is 16.4. The maximum absolute atomic E-state index is 12.8. The van der Waals surface area contributed by atoms with E-state index in [1.54, 1.807) is 36.1 Å². The maximum Gasteiger partial charge on any atom is 0.241 e. The monoisotopic (exact) mass is 402 g/mol. The number of hydrogen-bond acceptors (Lipinski definition) is 5. The highest BCUT2D eigenvalue weighted by molar-refractivity contribution is 7.89. The number of benzene rings is 2. The lowest BCUT2D eigenvalue weighted by Crippen LogP contribution is -2.27. The third-order valence-corrected chi connectivity index (χ3v) is 6.49. The van der Waals surface area contributed by atoms with Crippen LogP contribution >= 0.6 is 0 Å². The molecule has 2 aliphatic rings. The Morgan fingerprint density at radius 1 is 1.04 bits per heavy atom. The van der Waals surface area contributed by atoms with Crippen molar-refractivity contribution in [2.75, 3.05) is 24.7 Å². The summed E-state index contributed by atoms with van der Waals surface area (Å²) in [6.07, 6.45) is 1.36. The van der Waals surface area contributed by atoms with Gasteiger partial charge in [-0.25, -0.2) is 13.1 Å². The van der Waals surface area contributed by atoms with Gasteiger partial charge in [0.25, 0.3) is 0 Å². The van der Waals surface area contributed by atoms with Crippen LogP contribution in [0.2, 0.25) is 0 Å². The van der Waals surface area contributed by atoms with Crippen molar-refractivity contribution in [1.82, 2.24) is 4.72 Å². The van der Waals surface area contributed by atoms with Gasteiger partial charge in [0.1, 0.15) is 13.2 Å². The zero-order chi connectivity index (χ0) is 19.7. The molecule has 0 aromatic heterocycles. The topological polar surface area (TPSA) is 84.9 Å². The van der Waals surface area contributed by atoms with E-state index < -0.39 is 16.1 Å². The standard InChI is InChI=1S/C20H22N2O5S/c1-14(15-4-9-18-19(13-15)27-12-11-26-18)21-28(24,25)17-7-5-16(6-8-17)22-10-2-3-20(22)23/h4-9,13-14,21H,2-3,10-12H2,1H3. The summed E-state index contributed by atoms with van der Waals surface area (Å²) in [6.45, 7) is 3.43. The van der Waals surface area contributed by atoms with Gasteiger partial charge in [-0.05, 0) is 55.3 Å². The predicted molar refractivity (Wildman–Crippen MR) is 104 cm³/mol. The van der Waals surface area contributed by atoms with Crippen LogP contribution in [-0.4, -0.2) is 34.1 Å². The summed E-state index contributed by atoms with van der Waals surface area (Å²) in [7, 11) is -3.71. The number of fused-ring (bicyclic) bond motifs is 1. The molecule has 28 heavy (non-hydrogen) atoms. The molecule has 0 saturated carbocycles. The Labute approximate surface area is 164 Å². The largest absolute Gasteiger partial charge is 0.486 e. The van der Waals surface area contributed by atoms with Crippen molar-refractivity contribution in [2.45, 2.75) is 30.7 Å². The van der Waals surface area contributed by atoms with Crippen molar-refractivity contribution in [3.8, 4) is 11.5 Å². The first-order valence-electron chi connectivity index (χ1n) is 9.26. The fraction of sp³-hybridized carbons (Fsp3) is 0.350. The molecular formula is C20H22N2O5S. The van der Waals surface area contributed by atoms with Gasteiger partial charge in [0.15, 0.2) is 11.5 Å². The van der Waals surface area contributed by atoms with Crippen LogP contribution < -0.4 is 19.1 Å². The molecular weight excluding hydrogens is 380 g/mol. The van der Waals surface area contributed by atoms with Gasteiger partial charge in [0.2, 0.25) is 15.9 Å². The number of sulfonamides is 1. The van der Waals surface area contributed by atoms with Gasteiger partial charge < -0.3 is 14.4 Å². The average Bonchev–Trinajstić information content (AvgIpc) is 3.13. The number of nitrogens with one attached hydrogen (secondary N) is 1. The van der Waals surface area contributed by atoms with E-state index in [-0.39, 0.29) is 10.8 Å². The molecule has 1 saturated heterocycles. The summed E-state index contributed by atoms with van der Waals surface area (Å²) < 4.78 is 39.3. The summed E-state index contributed by atoms with van der Waals surface area (Å²) in [4.78, 5) is 13.7. The number of hydrogen-bond donors (Lipinski definition) is 1. The first-order chi connectivity index (χ1) is 13.4. The first-order valence-corrected chi connectivity index (χ1v) is 10.7.